The van der Waals surface area contributed by atoms with Gasteiger partial charge in [-0.15, -0.1) is 0 Å². The zero-order valence-electron chi connectivity index (χ0n) is 12.1. The van der Waals surface area contributed by atoms with Gasteiger partial charge in [0.2, 0.25) is 5.91 Å². The highest BCUT2D eigenvalue weighted by molar-refractivity contribution is 5.95. The van der Waals surface area contributed by atoms with Crippen LogP contribution in [0.1, 0.15) is 38.8 Å². The number of nitrogens with one attached hydrogen (secondary N) is 2. The van der Waals surface area contributed by atoms with Gasteiger partial charge in [-0.2, -0.15) is 5.10 Å². The molecule has 1 amide bonds. The fourth-order valence-electron chi connectivity index (χ4n) is 2.80. The third-order valence-corrected chi connectivity index (χ3v) is 4.21. The minimum absolute atomic E-state index is 0.152. The van der Waals surface area contributed by atoms with Crippen LogP contribution in [0.3, 0.4) is 0 Å². The molecule has 0 spiro atoms. The molecule has 0 bridgehead atoms. The molecule has 5 nitrogen and oxygen atoms in total. The molecule has 1 aliphatic heterocycles. The third kappa shape index (κ3) is 2.81. The second kappa shape index (κ2) is 5.74. The van der Waals surface area contributed by atoms with Gasteiger partial charge in [-0.05, 0) is 38.8 Å². The largest absolute Gasteiger partial charge is 0.323 e. The smallest absolute Gasteiger partial charge is 0.230 e. The van der Waals surface area contributed by atoms with Crippen LogP contribution in [0, 0.1) is 5.41 Å². The summed E-state index contributed by atoms with van der Waals surface area (Å²) in [7, 11) is 1.88. The number of aromatic nitrogens is 2. The van der Waals surface area contributed by atoms with Gasteiger partial charge in [0.05, 0.1) is 16.8 Å². The highest BCUT2D eigenvalue weighted by Crippen LogP contribution is 2.34. The Hall–Kier alpha value is -1.36. The SMILES string of the molecule is CCc1nn(C)cc1NC(=O)C1(CC)CCNCC1. The lowest BCUT2D eigenvalue weighted by atomic mass is 9.76. The fourth-order valence-corrected chi connectivity index (χ4v) is 2.80. The van der Waals surface area contributed by atoms with E-state index in [0.717, 1.165) is 50.2 Å². The number of piperidine rings is 1. The van der Waals surface area contributed by atoms with Gasteiger partial charge in [-0.1, -0.05) is 13.8 Å². The van der Waals surface area contributed by atoms with E-state index >= 15 is 0 Å². The summed E-state index contributed by atoms with van der Waals surface area (Å²) in [5, 5.41) is 10.8. The molecule has 5 heteroatoms. The first kappa shape index (κ1) is 14.1. The Bertz CT molecular complexity index is 446. The molecule has 106 valence electrons. The monoisotopic (exact) mass is 264 g/mol. The molecule has 1 aromatic rings. The van der Waals surface area contributed by atoms with Gasteiger partial charge in [0.15, 0.2) is 0 Å². The molecule has 0 aromatic carbocycles. The summed E-state index contributed by atoms with van der Waals surface area (Å²) >= 11 is 0. The number of hydrogen-bond donors (Lipinski definition) is 2. The zero-order chi connectivity index (χ0) is 13.9. The Morgan fingerprint density at radius 3 is 2.74 bits per heavy atom. The first-order valence-corrected chi connectivity index (χ1v) is 7.16. The maximum Gasteiger partial charge on any atom is 0.230 e. The quantitative estimate of drug-likeness (QED) is 0.870. The lowest BCUT2D eigenvalue weighted by Crippen LogP contribution is -2.44. The number of carbonyl (C=O) groups is 1. The van der Waals surface area contributed by atoms with E-state index < -0.39 is 0 Å². The molecule has 2 N–H and O–H groups in total. The first-order valence-electron chi connectivity index (χ1n) is 7.16. The van der Waals surface area contributed by atoms with E-state index in [4.69, 9.17) is 0 Å². The van der Waals surface area contributed by atoms with Crippen molar-refractivity contribution in [3.05, 3.63) is 11.9 Å². The van der Waals surface area contributed by atoms with E-state index in [-0.39, 0.29) is 11.3 Å². The van der Waals surface area contributed by atoms with Crippen LogP contribution >= 0.6 is 0 Å². The molecule has 2 rings (SSSR count). The van der Waals surface area contributed by atoms with E-state index in [1.807, 2.05) is 13.2 Å². The summed E-state index contributed by atoms with van der Waals surface area (Å²) in [5.41, 5.74) is 1.60. The van der Waals surface area contributed by atoms with Gasteiger partial charge < -0.3 is 10.6 Å². The summed E-state index contributed by atoms with van der Waals surface area (Å²) in [6.45, 7) is 6.01. The zero-order valence-corrected chi connectivity index (χ0v) is 12.1. The Balaban J connectivity index is 2.14. The lowest BCUT2D eigenvalue weighted by molar-refractivity contribution is -0.127. The van der Waals surface area contributed by atoms with Crippen LogP contribution in [0.4, 0.5) is 5.69 Å². The van der Waals surface area contributed by atoms with E-state index in [9.17, 15) is 4.79 Å². The van der Waals surface area contributed by atoms with Gasteiger partial charge in [-0.3, -0.25) is 9.48 Å². The van der Waals surface area contributed by atoms with Crippen molar-refractivity contribution < 1.29 is 4.79 Å². The molecule has 19 heavy (non-hydrogen) atoms. The summed E-state index contributed by atoms with van der Waals surface area (Å²) in [4.78, 5) is 12.6. The molecule has 0 atom stereocenters. The van der Waals surface area contributed by atoms with E-state index in [2.05, 4.69) is 29.6 Å². The highest BCUT2D eigenvalue weighted by atomic mass is 16.2. The summed E-state index contributed by atoms with van der Waals surface area (Å²) in [6.07, 6.45) is 5.44. The fraction of sp³-hybridized carbons (Fsp3) is 0.714. The molecular formula is C14H24N4O. The average molecular weight is 264 g/mol. The summed E-state index contributed by atoms with van der Waals surface area (Å²) in [5.74, 6) is 0.152. The van der Waals surface area contributed by atoms with Crippen LogP contribution in [0.5, 0.6) is 0 Å². The van der Waals surface area contributed by atoms with Crippen molar-refractivity contribution >= 4 is 11.6 Å². The van der Waals surface area contributed by atoms with Crippen LogP contribution in [0.25, 0.3) is 0 Å². The maximum absolute atomic E-state index is 12.6. The molecular weight excluding hydrogens is 240 g/mol. The van der Waals surface area contributed by atoms with E-state index in [1.165, 1.54) is 0 Å². The van der Waals surface area contributed by atoms with Crippen molar-refractivity contribution in [2.24, 2.45) is 12.5 Å². The number of rotatable bonds is 4. The molecule has 1 aliphatic rings. The molecule has 0 radical (unpaired) electrons. The molecule has 1 saturated heterocycles. The molecule has 1 aromatic heterocycles. The number of nitrogens with zero attached hydrogens (tertiary/aromatic N) is 2. The van der Waals surface area contributed by atoms with Crippen molar-refractivity contribution in [1.29, 1.82) is 0 Å². The minimum Gasteiger partial charge on any atom is -0.323 e. The van der Waals surface area contributed by atoms with Crippen LogP contribution < -0.4 is 10.6 Å². The predicted octanol–water partition coefficient (Wildman–Crippen LogP) is 1.70. The molecule has 2 heterocycles. The number of amides is 1. The van der Waals surface area contributed by atoms with Crippen LogP contribution in [0.2, 0.25) is 0 Å². The Kier molecular flexibility index (Phi) is 4.24. The van der Waals surface area contributed by atoms with Crippen molar-refractivity contribution in [2.75, 3.05) is 18.4 Å². The molecule has 0 saturated carbocycles. The topological polar surface area (TPSA) is 59.0 Å². The van der Waals surface area contributed by atoms with Gasteiger partial charge in [0.25, 0.3) is 0 Å². The third-order valence-electron chi connectivity index (χ3n) is 4.21. The summed E-state index contributed by atoms with van der Waals surface area (Å²) < 4.78 is 1.76. The van der Waals surface area contributed by atoms with Gasteiger partial charge in [0.1, 0.15) is 0 Å². The molecule has 0 aliphatic carbocycles. The Morgan fingerprint density at radius 2 is 2.16 bits per heavy atom. The van der Waals surface area contributed by atoms with Crippen molar-refractivity contribution in [3.8, 4) is 0 Å². The second-order valence-corrected chi connectivity index (χ2v) is 5.35. The van der Waals surface area contributed by atoms with E-state index in [1.54, 1.807) is 4.68 Å². The highest BCUT2D eigenvalue weighted by Gasteiger charge is 2.38. The van der Waals surface area contributed by atoms with Crippen molar-refractivity contribution in [3.63, 3.8) is 0 Å². The number of carbonyl (C=O) groups excluding carboxylic acids is 1. The lowest BCUT2D eigenvalue weighted by Gasteiger charge is -2.35. The Morgan fingerprint density at radius 1 is 1.47 bits per heavy atom. The molecule has 0 unspecified atom stereocenters. The van der Waals surface area contributed by atoms with Crippen molar-refractivity contribution in [2.45, 2.75) is 39.5 Å². The average Bonchev–Trinajstić information content (AvgIpc) is 2.79. The van der Waals surface area contributed by atoms with Gasteiger partial charge in [-0.25, -0.2) is 0 Å². The minimum atomic E-state index is -0.216. The second-order valence-electron chi connectivity index (χ2n) is 5.35. The number of hydrogen-bond acceptors (Lipinski definition) is 3. The van der Waals surface area contributed by atoms with E-state index in [0.29, 0.717) is 0 Å². The summed E-state index contributed by atoms with van der Waals surface area (Å²) in [6, 6.07) is 0. The van der Waals surface area contributed by atoms with Crippen LogP contribution in [-0.2, 0) is 18.3 Å². The van der Waals surface area contributed by atoms with Gasteiger partial charge >= 0.3 is 0 Å². The van der Waals surface area contributed by atoms with Crippen LogP contribution in [-0.4, -0.2) is 28.8 Å². The standard InChI is InChI=1S/C14H24N4O/c1-4-11-12(10-18(3)17-11)16-13(19)14(5-2)6-8-15-9-7-14/h10,15H,4-9H2,1-3H3,(H,16,19). The normalized spacial score (nSPS) is 18.3. The maximum atomic E-state index is 12.6. The number of anilines is 1. The van der Waals surface area contributed by atoms with Crippen molar-refractivity contribution in [1.82, 2.24) is 15.1 Å². The van der Waals surface area contributed by atoms with Crippen LogP contribution in [0.15, 0.2) is 6.20 Å². The Labute approximate surface area is 114 Å². The first-order chi connectivity index (χ1) is 9.11. The molecule has 1 fully saturated rings. The number of aryl methyl sites for hydroxylation is 2. The van der Waals surface area contributed by atoms with Gasteiger partial charge in [0, 0.05) is 13.2 Å². The predicted molar refractivity (Wildman–Crippen MR) is 76.0 cm³/mol.